The summed E-state index contributed by atoms with van der Waals surface area (Å²) in [6, 6.07) is 5.86. The van der Waals surface area contributed by atoms with Gasteiger partial charge in [0.1, 0.15) is 10.8 Å². The first kappa shape index (κ1) is 14.8. The van der Waals surface area contributed by atoms with E-state index >= 15 is 0 Å². The van der Waals surface area contributed by atoms with E-state index in [1.165, 1.54) is 0 Å². The van der Waals surface area contributed by atoms with Crippen molar-refractivity contribution < 1.29 is 17.1 Å². The highest BCUT2D eigenvalue weighted by molar-refractivity contribution is 9.10. The molecule has 1 aromatic carbocycles. The molecule has 1 heterocycles. The highest BCUT2D eigenvalue weighted by Gasteiger charge is 2.10. The van der Waals surface area contributed by atoms with Gasteiger partial charge in [0.05, 0.1) is 24.2 Å². The number of benzene rings is 1. The number of hydrogen-bond donors (Lipinski definition) is 0. The van der Waals surface area contributed by atoms with Crippen molar-refractivity contribution in [3.8, 4) is 16.3 Å². The molecule has 92 valence electrons. The van der Waals surface area contributed by atoms with Gasteiger partial charge in [0.2, 0.25) is 0 Å². The molecule has 0 spiro atoms. The maximum atomic E-state index is 5.74. The molecule has 0 aliphatic rings. The van der Waals surface area contributed by atoms with Crippen molar-refractivity contribution >= 4 is 38.9 Å². The molecular formula is C11H9BrCl2NOS-. The quantitative estimate of drug-likeness (QED) is 0.776. The van der Waals surface area contributed by atoms with Crippen LogP contribution in [-0.2, 0) is 5.88 Å². The van der Waals surface area contributed by atoms with E-state index < -0.39 is 0 Å². The van der Waals surface area contributed by atoms with Crippen LogP contribution in [0.3, 0.4) is 0 Å². The maximum absolute atomic E-state index is 5.74. The van der Waals surface area contributed by atoms with Crippen LogP contribution in [0.15, 0.2) is 28.1 Å². The summed E-state index contributed by atoms with van der Waals surface area (Å²) < 4.78 is 6.32. The van der Waals surface area contributed by atoms with Gasteiger partial charge in [-0.25, -0.2) is 4.98 Å². The van der Waals surface area contributed by atoms with Crippen molar-refractivity contribution in [2.24, 2.45) is 0 Å². The van der Waals surface area contributed by atoms with E-state index in [1.807, 2.05) is 23.6 Å². The Morgan fingerprint density at radius 1 is 1.47 bits per heavy atom. The van der Waals surface area contributed by atoms with E-state index in [9.17, 15) is 0 Å². The fourth-order valence-corrected chi connectivity index (χ4v) is 2.77. The number of methoxy groups -OCH3 is 1. The number of halogens is 3. The van der Waals surface area contributed by atoms with Crippen LogP contribution >= 0.6 is 38.9 Å². The molecule has 0 aliphatic carbocycles. The predicted molar refractivity (Wildman–Crippen MR) is 71.4 cm³/mol. The zero-order valence-electron chi connectivity index (χ0n) is 8.91. The molecule has 0 amide bonds. The van der Waals surface area contributed by atoms with Crippen molar-refractivity contribution in [2.75, 3.05) is 7.11 Å². The van der Waals surface area contributed by atoms with Gasteiger partial charge in [0.15, 0.2) is 0 Å². The average Bonchev–Trinajstić information content (AvgIpc) is 2.77. The first-order chi connectivity index (χ1) is 7.74. The Bertz CT molecular complexity index is 504. The molecule has 0 bridgehead atoms. The van der Waals surface area contributed by atoms with Gasteiger partial charge in [-0.2, -0.15) is 0 Å². The van der Waals surface area contributed by atoms with Gasteiger partial charge in [-0.05, 0) is 18.2 Å². The van der Waals surface area contributed by atoms with Crippen LogP contribution in [0.25, 0.3) is 10.6 Å². The summed E-state index contributed by atoms with van der Waals surface area (Å²) in [5.74, 6) is 1.26. The van der Waals surface area contributed by atoms with Crippen LogP contribution in [0.2, 0.25) is 0 Å². The predicted octanol–water partition coefficient (Wildman–Crippen LogP) is 1.32. The standard InChI is InChI=1S/C11H9BrClNOS.ClH/c1-15-10-3-2-7(12)4-9(10)11-14-8(5-13)6-16-11;/h2-4,6H,5H2,1H3;1H/p-1. The zero-order valence-corrected chi connectivity index (χ0v) is 12.8. The van der Waals surface area contributed by atoms with E-state index in [0.29, 0.717) is 5.88 Å². The Kier molecular flexibility index (Phi) is 5.73. The third-order valence-corrected chi connectivity index (χ3v) is 3.77. The lowest BCUT2D eigenvalue weighted by atomic mass is 10.2. The van der Waals surface area contributed by atoms with Gasteiger partial charge in [-0.15, -0.1) is 22.9 Å². The van der Waals surface area contributed by atoms with E-state index in [4.69, 9.17) is 16.3 Å². The summed E-state index contributed by atoms with van der Waals surface area (Å²) >= 11 is 10.7. The van der Waals surface area contributed by atoms with Gasteiger partial charge in [0.25, 0.3) is 0 Å². The molecule has 0 atom stereocenters. The third-order valence-electron chi connectivity index (χ3n) is 2.08. The summed E-state index contributed by atoms with van der Waals surface area (Å²) in [7, 11) is 1.66. The van der Waals surface area contributed by atoms with Gasteiger partial charge in [-0.3, -0.25) is 0 Å². The second-order valence-electron chi connectivity index (χ2n) is 3.12. The largest absolute Gasteiger partial charge is 1.00 e. The lowest BCUT2D eigenvalue weighted by Crippen LogP contribution is -3.00. The molecule has 0 aliphatic heterocycles. The number of aromatic nitrogens is 1. The van der Waals surface area contributed by atoms with E-state index in [-0.39, 0.29) is 12.4 Å². The fourth-order valence-electron chi connectivity index (χ4n) is 1.34. The molecule has 0 unspecified atom stereocenters. The minimum absolute atomic E-state index is 0. The average molecular weight is 354 g/mol. The first-order valence-electron chi connectivity index (χ1n) is 4.59. The summed E-state index contributed by atoms with van der Waals surface area (Å²) in [6.45, 7) is 0. The smallest absolute Gasteiger partial charge is 0.129 e. The second kappa shape index (κ2) is 6.59. The van der Waals surface area contributed by atoms with E-state index in [0.717, 1.165) is 26.5 Å². The topological polar surface area (TPSA) is 22.1 Å². The molecular weight excluding hydrogens is 345 g/mol. The lowest BCUT2D eigenvalue weighted by molar-refractivity contribution is -0.00000334. The molecule has 6 heteroatoms. The number of ether oxygens (including phenoxy) is 1. The Hall–Kier alpha value is -0.290. The van der Waals surface area contributed by atoms with Crippen LogP contribution < -0.4 is 17.1 Å². The minimum atomic E-state index is 0. The van der Waals surface area contributed by atoms with Crippen LogP contribution in [0.4, 0.5) is 0 Å². The summed E-state index contributed by atoms with van der Waals surface area (Å²) in [5, 5.41) is 2.89. The van der Waals surface area contributed by atoms with Crippen molar-refractivity contribution in [2.45, 2.75) is 5.88 Å². The molecule has 2 rings (SSSR count). The van der Waals surface area contributed by atoms with Crippen LogP contribution in [-0.4, -0.2) is 12.1 Å². The van der Waals surface area contributed by atoms with Gasteiger partial charge in [0, 0.05) is 9.85 Å². The van der Waals surface area contributed by atoms with E-state index in [2.05, 4.69) is 20.9 Å². The summed E-state index contributed by atoms with van der Waals surface area (Å²) in [6.07, 6.45) is 0. The summed E-state index contributed by atoms with van der Waals surface area (Å²) in [5.41, 5.74) is 1.88. The Morgan fingerprint density at radius 3 is 2.82 bits per heavy atom. The van der Waals surface area contributed by atoms with Crippen molar-refractivity contribution in [1.29, 1.82) is 0 Å². The number of hydrogen-bond acceptors (Lipinski definition) is 3. The van der Waals surface area contributed by atoms with Gasteiger partial charge in [-0.1, -0.05) is 15.9 Å². The monoisotopic (exact) mass is 352 g/mol. The van der Waals surface area contributed by atoms with Gasteiger partial charge >= 0.3 is 0 Å². The van der Waals surface area contributed by atoms with Crippen molar-refractivity contribution in [3.63, 3.8) is 0 Å². The highest BCUT2D eigenvalue weighted by atomic mass is 79.9. The number of nitrogens with zero attached hydrogens (tertiary/aromatic N) is 1. The Balaban J connectivity index is 0.00000144. The molecule has 0 N–H and O–H groups in total. The Labute approximate surface area is 124 Å². The summed E-state index contributed by atoms with van der Waals surface area (Å²) in [4.78, 5) is 4.43. The number of thiazole rings is 1. The third kappa shape index (κ3) is 3.35. The fraction of sp³-hybridized carbons (Fsp3) is 0.182. The lowest BCUT2D eigenvalue weighted by Gasteiger charge is -2.05. The SMILES string of the molecule is COc1ccc(Br)cc1-c1nc(CCl)cs1.[Cl-]. The molecule has 0 radical (unpaired) electrons. The molecule has 17 heavy (non-hydrogen) atoms. The normalized spacial score (nSPS) is 9.82. The molecule has 2 aromatic rings. The molecule has 0 saturated heterocycles. The van der Waals surface area contributed by atoms with Gasteiger partial charge < -0.3 is 17.1 Å². The molecule has 2 nitrogen and oxygen atoms in total. The number of alkyl halides is 1. The molecule has 1 aromatic heterocycles. The van der Waals surface area contributed by atoms with Crippen molar-refractivity contribution in [1.82, 2.24) is 4.98 Å². The first-order valence-corrected chi connectivity index (χ1v) is 6.79. The maximum Gasteiger partial charge on any atom is 0.129 e. The highest BCUT2D eigenvalue weighted by Crippen LogP contribution is 2.34. The van der Waals surface area contributed by atoms with E-state index in [1.54, 1.807) is 18.4 Å². The molecule has 0 saturated carbocycles. The molecule has 0 fully saturated rings. The van der Waals surface area contributed by atoms with Crippen molar-refractivity contribution in [3.05, 3.63) is 33.7 Å². The van der Waals surface area contributed by atoms with Crippen LogP contribution in [0.1, 0.15) is 5.69 Å². The number of rotatable bonds is 3. The van der Waals surface area contributed by atoms with Crippen LogP contribution in [0, 0.1) is 0 Å². The second-order valence-corrected chi connectivity index (χ2v) is 5.16. The zero-order chi connectivity index (χ0) is 11.5. The minimum Gasteiger partial charge on any atom is -1.00 e. The Morgan fingerprint density at radius 2 is 2.24 bits per heavy atom. The van der Waals surface area contributed by atoms with Crippen LogP contribution in [0.5, 0.6) is 5.75 Å².